The molecule has 1 fully saturated rings. The number of hydrogen-bond donors (Lipinski definition) is 1. The van der Waals surface area contributed by atoms with Crippen molar-refractivity contribution in [1.29, 1.82) is 0 Å². The van der Waals surface area contributed by atoms with E-state index in [9.17, 15) is 10.0 Å². The van der Waals surface area contributed by atoms with Crippen LogP contribution in [0, 0.1) is 4.91 Å². The van der Waals surface area contributed by atoms with Gasteiger partial charge in [0.1, 0.15) is 0 Å². The van der Waals surface area contributed by atoms with Crippen LogP contribution in [-0.2, 0) is 6.54 Å². The zero-order chi connectivity index (χ0) is 14.2. The van der Waals surface area contributed by atoms with E-state index in [1.165, 1.54) is 11.1 Å². The molecule has 0 saturated heterocycles. The van der Waals surface area contributed by atoms with Crippen LogP contribution >= 0.6 is 0 Å². The third-order valence-corrected chi connectivity index (χ3v) is 4.98. The Balaban J connectivity index is 1.88. The molecule has 1 saturated carbocycles. The number of aliphatic hydroxyl groups is 1. The van der Waals surface area contributed by atoms with E-state index in [2.05, 4.69) is 41.4 Å². The Morgan fingerprint density at radius 3 is 2.70 bits per heavy atom. The quantitative estimate of drug-likeness (QED) is 0.844. The van der Waals surface area contributed by atoms with E-state index >= 15 is 0 Å². The molecule has 20 heavy (non-hydrogen) atoms. The summed E-state index contributed by atoms with van der Waals surface area (Å²) in [5.74, 6) is 0.144. The third kappa shape index (κ3) is 2.38. The number of nitroso groups, excluding NO2 is 1. The van der Waals surface area contributed by atoms with Crippen LogP contribution in [0.4, 0.5) is 0 Å². The van der Waals surface area contributed by atoms with Crippen LogP contribution in [-0.4, -0.2) is 35.2 Å². The highest BCUT2D eigenvalue weighted by Gasteiger charge is 2.43. The van der Waals surface area contributed by atoms with E-state index in [1.54, 1.807) is 0 Å². The molecule has 0 radical (unpaired) electrons. The molecule has 0 amide bonds. The third-order valence-electron chi connectivity index (χ3n) is 4.98. The van der Waals surface area contributed by atoms with Crippen molar-refractivity contribution in [2.75, 3.05) is 13.6 Å². The zero-order valence-electron chi connectivity index (χ0n) is 12.0. The van der Waals surface area contributed by atoms with Crippen LogP contribution in [0.2, 0.25) is 0 Å². The Hall–Kier alpha value is -1.26. The van der Waals surface area contributed by atoms with Crippen LogP contribution in [0.1, 0.15) is 42.7 Å². The van der Waals surface area contributed by atoms with Gasteiger partial charge in [-0.25, -0.2) is 0 Å². The normalized spacial score (nSPS) is 34.5. The molecule has 1 aliphatic carbocycles. The van der Waals surface area contributed by atoms with Gasteiger partial charge in [-0.2, -0.15) is 4.91 Å². The average molecular weight is 274 g/mol. The molecule has 3 rings (SSSR count). The second-order valence-corrected chi connectivity index (χ2v) is 6.39. The van der Waals surface area contributed by atoms with Crippen molar-refractivity contribution in [3.8, 4) is 0 Å². The molecule has 0 aromatic heterocycles. The number of likely N-dealkylation sites (N-methyl/N-ethyl adjacent to an activating group) is 1. The summed E-state index contributed by atoms with van der Waals surface area (Å²) in [4.78, 5) is 12.9. The van der Waals surface area contributed by atoms with Gasteiger partial charge in [-0.1, -0.05) is 29.4 Å². The van der Waals surface area contributed by atoms with Crippen molar-refractivity contribution in [3.63, 3.8) is 0 Å². The lowest BCUT2D eigenvalue weighted by atomic mass is 9.69. The van der Waals surface area contributed by atoms with Crippen LogP contribution in [0.25, 0.3) is 0 Å². The lowest BCUT2D eigenvalue weighted by Gasteiger charge is -2.45. The highest BCUT2D eigenvalue weighted by atomic mass is 16.3. The number of hydrogen-bond acceptors (Lipinski definition) is 4. The second kappa shape index (κ2) is 5.26. The number of benzene rings is 1. The van der Waals surface area contributed by atoms with Crippen molar-refractivity contribution in [2.45, 2.75) is 49.8 Å². The molecule has 4 heteroatoms. The van der Waals surface area contributed by atoms with Gasteiger partial charge in [-0.05, 0) is 43.9 Å². The first-order valence-corrected chi connectivity index (χ1v) is 7.43. The molecule has 1 unspecified atom stereocenters. The summed E-state index contributed by atoms with van der Waals surface area (Å²) >= 11 is 0. The lowest BCUT2D eigenvalue weighted by molar-refractivity contribution is -0.0366. The van der Waals surface area contributed by atoms with E-state index in [1.807, 2.05) is 0 Å². The summed E-state index contributed by atoms with van der Waals surface area (Å²) < 4.78 is 0. The lowest BCUT2D eigenvalue weighted by Crippen LogP contribution is -2.47. The zero-order valence-corrected chi connectivity index (χ0v) is 12.0. The largest absolute Gasteiger partial charge is 0.389 e. The van der Waals surface area contributed by atoms with Crippen molar-refractivity contribution in [3.05, 3.63) is 40.3 Å². The molecule has 1 aliphatic heterocycles. The first-order valence-electron chi connectivity index (χ1n) is 7.43. The molecular formula is C16H22N2O2. The van der Waals surface area contributed by atoms with Gasteiger partial charge in [0.25, 0.3) is 0 Å². The van der Waals surface area contributed by atoms with Gasteiger partial charge in [0.15, 0.2) is 0 Å². The first kappa shape index (κ1) is 13.7. The first-order chi connectivity index (χ1) is 9.62. The van der Waals surface area contributed by atoms with Crippen LogP contribution in [0.15, 0.2) is 29.4 Å². The molecule has 1 aromatic rings. The van der Waals surface area contributed by atoms with Crippen molar-refractivity contribution < 1.29 is 5.11 Å². The van der Waals surface area contributed by atoms with E-state index < -0.39 is 5.60 Å². The average Bonchev–Trinajstić information content (AvgIpc) is 2.47. The predicted octanol–water partition coefficient (Wildman–Crippen LogP) is 2.66. The van der Waals surface area contributed by atoms with Gasteiger partial charge >= 0.3 is 0 Å². The topological polar surface area (TPSA) is 52.9 Å². The number of nitrogens with zero attached hydrogens (tertiary/aromatic N) is 2. The van der Waals surface area contributed by atoms with Gasteiger partial charge in [0.2, 0.25) is 0 Å². The van der Waals surface area contributed by atoms with Crippen molar-refractivity contribution in [2.24, 2.45) is 5.18 Å². The molecule has 1 heterocycles. The fourth-order valence-electron chi connectivity index (χ4n) is 3.80. The van der Waals surface area contributed by atoms with Crippen molar-refractivity contribution in [1.82, 2.24) is 4.90 Å². The monoisotopic (exact) mass is 274 g/mol. The summed E-state index contributed by atoms with van der Waals surface area (Å²) in [5, 5.41) is 14.2. The Kier molecular flexibility index (Phi) is 3.61. The Morgan fingerprint density at radius 1 is 1.30 bits per heavy atom. The number of rotatable bonds is 2. The van der Waals surface area contributed by atoms with Crippen LogP contribution in [0.5, 0.6) is 0 Å². The molecule has 0 spiro atoms. The maximum absolute atomic E-state index is 11.1. The van der Waals surface area contributed by atoms with Gasteiger partial charge in [0.05, 0.1) is 11.6 Å². The van der Waals surface area contributed by atoms with Gasteiger partial charge in [0, 0.05) is 19.0 Å². The molecule has 1 aromatic carbocycles. The minimum atomic E-state index is -0.689. The predicted molar refractivity (Wildman–Crippen MR) is 78.5 cm³/mol. The summed E-state index contributed by atoms with van der Waals surface area (Å²) in [6, 6.07) is 8.31. The maximum atomic E-state index is 11.1. The highest BCUT2D eigenvalue weighted by Crippen LogP contribution is 2.43. The van der Waals surface area contributed by atoms with E-state index in [0.29, 0.717) is 25.7 Å². The van der Waals surface area contributed by atoms with Crippen LogP contribution in [0.3, 0.4) is 0 Å². The van der Waals surface area contributed by atoms with Gasteiger partial charge < -0.3 is 10.0 Å². The molecular weight excluding hydrogens is 252 g/mol. The smallest absolute Gasteiger partial charge is 0.0921 e. The fraction of sp³-hybridized carbons (Fsp3) is 0.625. The van der Waals surface area contributed by atoms with E-state index in [0.717, 1.165) is 13.1 Å². The molecule has 2 aliphatic rings. The molecule has 4 nitrogen and oxygen atoms in total. The summed E-state index contributed by atoms with van der Waals surface area (Å²) in [5.41, 5.74) is 1.91. The minimum absolute atomic E-state index is 0.105. The van der Waals surface area contributed by atoms with E-state index in [4.69, 9.17) is 0 Å². The summed E-state index contributed by atoms with van der Waals surface area (Å²) in [6.07, 6.45) is 2.78. The standard InChI is InChI=1S/C16H22N2O2/c1-18-10-12-4-2-3-5-14(12)15(11-18)16(19)8-6-13(17-20)7-9-16/h2-5,13,15,19H,6-11H2,1H3. The second-order valence-electron chi connectivity index (χ2n) is 6.39. The number of fused-ring (bicyclic) bond motifs is 1. The summed E-state index contributed by atoms with van der Waals surface area (Å²) in [7, 11) is 2.10. The maximum Gasteiger partial charge on any atom is 0.0921 e. The Labute approximate surface area is 119 Å². The molecule has 0 bridgehead atoms. The minimum Gasteiger partial charge on any atom is -0.389 e. The summed E-state index contributed by atoms with van der Waals surface area (Å²) in [6.45, 7) is 1.83. The Bertz CT molecular complexity index is 495. The molecule has 1 atom stereocenters. The Morgan fingerprint density at radius 2 is 2.00 bits per heavy atom. The van der Waals surface area contributed by atoms with Crippen LogP contribution < -0.4 is 0 Å². The highest BCUT2D eigenvalue weighted by molar-refractivity contribution is 5.35. The van der Waals surface area contributed by atoms with Crippen molar-refractivity contribution >= 4 is 0 Å². The molecule has 108 valence electrons. The SMILES string of the molecule is CN1Cc2ccccc2C(C2(O)CCC(N=O)CC2)C1. The van der Waals surface area contributed by atoms with Gasteiger partial charge in [-0.3, -0.25) is 0 Å². The van der Waals surface area contributed by atoms with Gasteiger partial charge in [-0.15, -0.1) is 0 Å². The molecule has 1 N–H and O–H groups in total. The fourth-order valence-corrected chi connectivity index (χ4v) is 3.80. The van der Waals surface area contributed by atoms with E-state index in [-0.39, 0.29) is 12.0 Å².